The highest BCUT2D eigenvalue weighted by Crippen LogP contribution is 2.27. The molecule has 0 heterocycles. The molecule has 4 nitrogen and oxygen atoms in total. The minimum atomic E-state index is -0.446. The highest BCUT2D eigenvalue weighted by atomic mass is 16.5. The number of hydrogen-bond acceptors (Lipinski definition) is 4. The number of esters is 2. The lowest BCUT2D eigenvalue weighted by atomic mass is 9.86. The van der Waals surface area contributed by atoms with Crippen molar-refractivity contribution in [1.82, 2.24) is 0 Å². The molecular formula is C23H44O4. The lowest BCUT2D eigenvalue weighted by Crippen LogP contribution is -2.26. The standard InChI is InChI=1S/C23H44O4/c1-7-9-11-13-15-19(3)26-21(24)17-23(5,6)18-22(25)27-20(4)16-14-12-10-8-2/h19-20H,7-18H2,1-6H3. The molecule has 0 aliphatic carbocycles. The molecule has 0 saturated carbocycles. The van der Waals surface area contributed by atoms with Crippen LogP contribution in [0.25, 0.3) is 0 Å². The van der Waals surface area contributed by atoms with Gasteiger partial charge in [0, 0.05) is 0 Å². The van der Waals surface area contributed by atoms with E-state index in [1.807, 2.05) is 27.7 Å². The second kappa shape index (κ2) is 14.9. The predicted octanol–water partition coefficient (Wildman–Crippen LogP) is 6.60. The second-order valence-electron chi connectivity index (χ2n) is 8.82. The molecule has 0 radical (unpaired) electrons. The number of carbonyl (C=O) groups excluding carboxylic acids is 2. The summed E-state index contributed by atoms with van der Waals surface area (Å²) in [5.41, 5.74) is -0.446. The van der Waals surface area contributed by atoms with E-state index in [1.54, 1.807) is 0 Å². The average molecular weight is 385 g/mol. The van der Waals surface area contributed by atoms with E-state index in [1.165, 1.54) is 38.5 Å². The molecular weight excluding hydrogens is 340 g/mol. The van der Waals surface area contributed by atoms with Crippen LogP contribution < -0.4 is 0 Å². The highest BCUT2D eigenvalue weighted by molar-refractivity contribution is 5.74. The molecule has 0 aliphatic rings. The van der Waals surface area contributed by atoms with Crippen molar-refractivity contribution < 1.29 is 19.1 Å². The molecule has 0 saturated heterocycles. The van der Waals surface area contributed by atoms with E-state index in [0.717, 1.165) is 25.7 Å². The quantitative estimate of drug-likeness (QED) is 0.222. The van der Waals surface area contributed by atoms with Gasteiger partial charge in [0.15, 0.2) is 0 Å². The average Bonchev–Trinajstić information content (AvgIpc) is 2.54. The monoisotopic (exact) mass is 384 g/mol. The predicted molar refractivity (Wildman–Crippen MR) is 112 cm³/mol. The van der Waals surface area contributed by atoms with Crippen molar-refractivity contribution in [2.45, 2.75) is 131 Å². The molecule has 0 bridgehead atoms. The van der Waals surface area contributed by atoms with E-state index in [0.29, 0.717) is 0 Å². The molecule has 0 aromatic carbocycles. The van der Waals surface area contributed by atoms with E-state index in [-0.39, 0.29) is 37.0 Å². The van der Waals surface area contributed by atoms with E-state index in [9.17, 15) is 9.59 Å². The third-order valence-corrected chi connectivity index (χ3v) is 4.84. The van der Waals surface area contributed by atoms with Crippen molar-refractivity contribution in [3.63, 3.8) is 0 Å². The van der Waals surface area contributed by atoms with Crippen LogP contribution in [0, 0.1) is 5.41 Å². The van der Waals surface area contributed by atoms with Crippen LogP contribution in [0.4, 0.5) is 0 Å². The summed E-state index contributed by atoms with van der Waals surface area (Å²) in [6, 6.07) is 0. The number of rotatable bonds is 16. The summed E-state index contributed by atoms with van der Waals surface area (Å²) in [6.07, 6.45) is 11.6. The molecule has 27 heavy (non-hydrogen) atoms. The second-order valence-corrected chi connectivity index (χ2v) is 8.82. The van der Waals surface area contributed by atoms with Crippen molar-refractivity contribution in [1.29, 1.82) is 0 Å². The van der Waals surface area contributed by atoms with Gasteiger partial charge in [-0.25, -0.2) is 0 Å². The Hall–Kier alpha value is -1.06. The molecule has 4 heteroatoms. The van der Waals surface area contributed by atoms with E-state index >= 15 is 0 Å². The summed E-state index contributed by atoms with van der Waals surface area (Å²) >= 11 is 0. The topological polar surface area (TPSA) is 52.6 Å². The van der Waals surface area contributed by atoms with E-state index in [2.05, 4.69) is 13.8 Å². The Balaban J connectivity index is 4.11. The lowest BCUT2D eigenvalue weighted by Gasteiger charge is -2.24. The van der Waals surface area contributed by atoms with Crippen molar-refractivity contribution in [3.8, 4) is 0 Å². The first-order valence-electron chi connectivity index (χ1n) is 11.1. The van der Waals surface area contributed by atoms with Crippen molar-refractivity contribution in [3.05, 3.63) is 0 Å². The third kappa shape index (κ3) is 15.7. The van der Waals surface area contributed by atoms with Gasteiger partial charge in [-0.05, 0) is 44.9 Å². The molecule has 0 spiro atoms. The molecule has 0 aliphatic heterocycles. The summed E-state index contributed by atoms with van der Waals surface area (Å²) in [5, 5.41) is 0. The Labute approximate surface area is 167 Å². The van der Waals surface area contributed by atoms with Crippen LogP contribution in [-0.2, 0) is 19.1 Å². The fourth-order valence-corrected chi connectivity index (χ4v) is 3.21. The zero-order valence-corrected chi connectivity index (χ0v) is 18.8. The van der Waals surface area contributed by atoms with Gasteiger partial charge in [-0.1, -0.05) is 66.2 Å². The van der Waals surface area contributed by atoms with Crippen LogP contribution in [0.15, 0.2) is 0 Å². The lowest BCUT2D eigenvalue weighted by molar-refractivity contribution is -0.154. The van der Waals surface area contributed by atoms with Gasteiger partial charge < -0.3 is 9.47 Å². The van der Waals surface area contributed by atoms with Crippen molar-refractivity contribution in [2.75, 3.05) is 0 Å². The van der Waals surface area contributed by atoms with Gasteiger partial charge in [0.1, 0.15) is 0 Å². The van der Waals surface area contributed by atoms with Gasteiger partial charge in [-0.15, -0.1) is 0 Å². The minimum absolute atomic E-state index is 0.0553. The highest BCUT2D eigenvalue weighted by Gasteiger charge is 2.28. The molecule has 2 atom stereocenters. The molecule has 0 N–H and O–H groups in total. The number of hydrogen-bond donors (Lipinski definition) is 0. The fraction of sp³-hybridized carbons (Fsp3) is 0.913. The zero-order valence-electron chi connectivity index (χ0n) is 18.8. The molecule has 0 rings (SSSR count). The molecule has 0 aromatic rings. The first kappa shape index (κ1) is 25.9. The Morgan fingerprint density at radius 1 is 0.704 bits per heavy atom. The summed E-state index contributed by atoms with van der Waals surface area (Å²) in [6.45, 7) is 12.1. The Kier molecular flexibility index (Phi) is 14.3. The van der Waals surface area contributed by atoms with Gasteiger partial charge >= 0.3 is 11.9 Å². The van der Waals surface area contributed by atoms with Crippen LogP contribution in [0.5, 0.6) is 0 Å². The molecule has 0 amide bonds. The van der Waals surface area contributed by atoms with E-state index in [4.69, 9.17) is 9.47 Å². The Bertz CT molecular complexity index is 367. The van der Waals surface area contributed by atoms with Crippen molar-refractivity contribution >= 4 is 11.9 Å². The summed E-state index contributed by atoms with van der Waals surface area (Å²) in [4.78, 5) is 24.4. The van der Waals surface area contributed by atoms with Gasteiger partial charge in [0.2, 0.25) is 0 Å². The first-order valence-corrected chi connectivity index (χ1v) is 11.1. The number of ether oxygens (including phenoxy) is 2. The van der Waals surface area contributed by atoms with Gasteiger partial charge in [-0.3, -0.25) is 9.59 Å². The fourth-order valence-electron chi connectivity index (χ4n) is 3.21. The van der Waals surface area contributed by atoms with Crippen molar-refractivity contribution in [2.24, 2.45) is 5.41 Å². The smallest absolute Gasteiger partial charge is 0.306 e. The van der Waals surface area contributed by atoms with Crippen LogP contribution >= 0.6 is 0 Å². The molecule has 160 valence electrons. The summed E-state index contributed by atoms with van der Waals surface area (Å²) in [7, 11) is 0. The summed E-state index contributed by atoms with van der Waals surface area (Å²) in [5.74, 6) is -0.438. The summed E-state index contributed by atoms with van der Waals surface area (Å²) < 4.78 is 11.0. The largest absolute Gasteiger partial charge is 0.463 e. The SMILES string of the molecule is CCCCCCC(C)OC(=O)CC(C)(C)CC(=O)OC(C)CCCCCC. The first-order chi connectivity index (χ1) is 12.7. The Morgan fingerprint density at radius 2 is 1.07 bits per heavy atom. The van der Waals surface area contributed by atoms with Gasteiger partial charge in [0.25, 0.3) is 0 Å². The third-order valence-electron chi connectivity index (χ3n) is 4.84. The number of unbranched alkanes of at least 4 members (excludes halogenated alkanes) is 6. The van der Waals surface area contributed by atoms with Crippen LogP contribution in [0.1, 0.15) is 119 Å². The maximum atomic E-state index is 12.2. The minimum Gasteiger partial charge on any atom is -0.463 e. The molecule has 0 fully saturated rings. The maximum Gasteiger partial charge on any atom is 0.306 e. The van der Waals surface area contributed by atoms with E-state index < -0.39 is 5.41 Å². The molecule has 0 aromatic heterocycles. The number of carbonyl (C=O) groups is 2. The normalized spacial score (nSPS) is 13.9. The van der Waals surface area contributed by atoms with Crippen LogP contribution in [0.2, 0.25) is 0 Å². The maximum absolute atomic E-state index is 12.2. The Morgan fingerprint density at radius 3 is 1.41 bits per heavy atom. The van der Waals surface area contributed by atoms with Gasteiger partial charge in [0.05, 0.1) is 25.0 Å². The molecule has 2 unspecified atom stereocenters. The van der Waals surface area contributed by atoms with Gasteiger partial charge in [-0.2, -0.15) is 0 Å². The van der Waals surface area contributed by atoms with Crippen LogP contribution in [0.3, 0.4) is 0 Å². The zero-order chi connectivity index (χ0) is 20.7. The van der Waals surface area contributed by atoms with Crippen LogP contribution in [-0.4, -0.2) is 24.1 Å².